The zero-order chi connectivity index (χ0) is 16.7. The summed E-state index contributed by atoms with van der Waals surface area (Å²) in [5.74, 6) is 0.543. The van der Waals surface area contributed by atoms with Crippen molar-refractivity contribution in [3.63, 3.8) is 0 Å². The molecule has 1 amide bonds. The van der Waals surface area contributed by atoms with E-state index in [4.69, 9.17) is 4.74 Å². The Balaban J connectivity index is 1.83. The quantitative estimate of drug-likeness (QED) is 0.637. The van der Waals surface area contributed by atoms with Crippen LogP contribution in [-0.4, -0.2) is 25.8 Å². The van der Waals surface area contributed by atoms with Crippen molar-refractivity contribution < 1.29 is 9.53 Å². The number of rotatable bonds is 6. The van der Waals surface area contributed by atoms with Crippen molar-refractivity contribution in [3.8, 4) is 5.75 Å². The average Bonchev–Trinajstić information content (AvgIpc) is 2.54. The second kappa shape index (κ2) is 7.98. The van der Waals surface area contributed by atoms with Gasteiger partial charge in [-0.3, -0.25) is 4.79 Å². The zero-order valence-electron chi connectivity index (χ0n) is 13.6. The van der Waals surface area contributed by atoms with Gasteiger partial charge in [0.15, 0.2) is 0 Å². The van der Waals surface area contributed by atoms with Crippen LogP contribution in [0.1, 0.15) is 16.7 Å². The molecule has 0 bridgehead atoms. The Bertz CT molecular complexity index is 711. The number of carbonyl (C=O) groups excluding carboxylic acids is 1. The molecule has 0 aliphatic rings. The summed E-state index contributed by atoms with van der Waals surface area (Å²) in [4.78, 5) is 11.8. The summed E-state index contributed by atoms with van der Waals surface area (Å²) in [6, 6.07) is 13.5. The van der Waals surface area contributed by atoms with Gasteiger partial charge in [0, 0.05) is 5.69 Å². The molecular formula is C18H21N3O2. The molecule has 0 unspecified atom stereocenters. The highest BCUT2D eigenvalue weighted by Crippen LogP contribution is 2.15. The summed E-state index contributed by atoms with van der Waals surface area (Å²) in [6.07, 6.45) is 1.58. The first kappa shape index (κ1) is 16.5. The summed E-state index contributed by atoms with van der Waals surface area (Å²) in [5, 5.41) is 7.05. The van der Waals surface area contributed by atoms with E-state index < -0.39 is 0 Å². The molecule has 23 heavy (non-hydrogen) atoms. The van der Waals surface area contributed by atoms with Gasteiger partial charge in [-0.05, 0) is 43.2 Å². The molecule has 2 aromatic rings. The van der Waals surface area contributed by atoms with E-state index in [1.54, 1.807) is 13.3 Å². The van der Waals surface area contributed by atoms with Crippen molar-refractivity contribution in [3.05, 3.63) is 59.2 Å². The van der Waals surface area contributed by atoms with Crippen molar-refractivity contribution in [1.29, 1.82) is 0 Å². The smallest absolute Gasteiger partial charge is 0.259 e. The molecule has 0 aliphatic heterocycles. The SMILES string of the molecule is COc1cccc(/C=N/NC(=O)CNc2ccc(C)cc2C)c1. The Morgan fingerprint density at radius 2 is 2.04 bits per heavy atom. The van der Waals surface area contributed by atoms with E-state index in [0.29, 0.717) is 0 Å². The first-order chi connectivity index (χ1) is 11.1. The molecule has 0 radical (unpaired) electrons. The van der Waals surface area contributed by atoms with Gasteiger partial charge in [0.25, 0.3) is 5.91 Å². The molecule has 0 aromatic heterocycles. The number of hydrogen-bond acceptors (Lipinski definition) is 4. The van der Waals surface area contributed by atoms with Crippen molar-refractivity contribution in [2.24, 2.45) is 5.10 Å². The summed E-state index contributed by atoms with van der Waals surface area (Å²) in [7, 11) is 1.61. The minimum Gasteiger partial charge on any atom is -0.497 e. The fraction of sp³-hybridized carbons (Fsp3) is 0.222. The van der Waals surface area contributed by atoms with E-state index in [2.05, 4.69) is 21.9 Å². The number of benzene rings is 2. The Morgan fingerprint density at radius 1 is 1.22 bits per heavy atom. The number of ether oxygens (including phenoxy) is 1. The predicted molar refractivity (Wildman–Crippen MR) is 93.1 cm³/mol. The number of nitrogens with one attached hydrogen (secondary N) is 2. The molecule has 0 atom stereocenters. The molecule has 120 valence electrons. The second-order valence-corrected chi connectivity index (χ2v) is 5.24. The lowest BCUT2D eigenvalue weighted by Crippen LogP contribution is -2.26. The lowest BCUT2D eigenvalue weighted by Gasteiger charge is -2.09. The number of aryl methyl sites for hydroxylation is 2. The minimum atomic E-state index is -0.205. The molecule has 0 spiro atoms. The highest BCUT2D eigenvalue weighted by molar-refractivity contribution is 5.84. The topological polar surface area (TPSA) is 62.7 Å². The maximum atomic E-state index is 11.8. The third-order valence-corrected chi connectivity index (χ3v) is 3.32. The number of nitrogens with zero attached hydrogens (tertiary/aromatic N) is 1. The largest absolute Gasteiger partial charge is 0.497 e. The van der Waals surface area contributed by atoms with Crippen LogP contribution in [0.15, 0.2) is 47.6 Å². The van der Waals surface area contributed by atoms with Crippen LogP contribution in [0.2, 0.25) is 0 Å². The number of hydrogen-bond donors (Lipinski definition) is 2. The van der Waals surface area contributed by atoms with Gasteiger partial charge >= 0.3 is 0 Å². The van der Waals surface area contributed by atoms with Crippen LogP contribution in [0.25, 0.3) is 0 Å². The molecule has 0 aliphatic carbocycles. The maximum Gasteiger partial charge on any atom is 0.259 e. The summed E-state index contributed by atoms with van der Waals surface area (Å²) >= 11 is 0. The van der Waals surface area contributed by atoms with Crippen molar-refractivity contribution in [2.45, 2.75) is 13.8 Å². The average molecular weight is 311 g/mol. The van der Waals surface area contributed by atoms with Gasteiger partial charge in [0.05, 0.1) is 19.9 Å². The standard InChI is InChI=1S/C18H21N3O2/c1-13-7-8-17(14(2)9-13)19-12-18(22)21-20-11-15-5-4-6-16(10-15)23-3/h4-11,19H,12H2,1-3H3,(H,21,22)/b20-11+. The van der Waals surface area contributed by atoms with Crippen molar-refractivity contribution in [2.75, 3.05) is 19.0 Å². The van der Waals surface area contributed by atoms with Gasteiger partial charge in [-0.25, -0.2) is 5.43 Å². The summed E-state index contributed by atoms with van der Waals surface area (Å²) < 4.78 is 5.13. The van der Waals surface area contributed by atoms with E-state index in [9.17, 15) is 4.79 Å². The normalized spacial score (nSPS) is 10.6. The molecule has 0 heterocycles. The molecule has 0 saturated carbocycles. The first-order valence-corrected chi connectivity index (χ1v) is 7.35. The van der Waals surface area contributed by atoms with Gasteiger partial charge < -0.3 is 10.1 Å². The van der Waals surface area contributed by atoms with Gasteiger partial charge in [-0.1, -0.05) is 29.8 Å². The van der Waals surface area contributed by atoms with Crippen LogP contribution in [0.4, 0.5) is 5.69 Å². The number of anilines is 1. The van der Waals surface area contributed by atoms with E-state index in [-0.39, 0.29) is 12.5 Å². The van der Waals surface area contributed by atoms with Gasteiger partial charge in [0.1, 0.15) is 5.75 Å². The lowest BCUT2D eigenvalue weighted by molar-refractivity contribution is -0.119. The van der Waals surface area contributed by atoms with Crippen LogP contribution >= 0.6 is 0 Å². The molecule has 0 saturated heterocycles. The van der Waals surface area contributed by atoms with E-state index >= 15 is 0 Å². The fourth-order valence-corrected chi connectivity index (χ4v) is 2.13. The fourth-order valence-electron chi connectivity index (χ4n) is 2.13. The van der Waals surface area contributed by atoms with E-state index in [1.807, 2.05) is 50.2 Å². The highest BCUT2D eigenvalue weighted by atomic mass is 16.5. The van der Waals surface area contributed by atoms with Crippen molar-refractivity contribution in [1.82, 2.24) is 5.43 Å². The minimum absolute atomic E-state index is 0.166. The van der Waals surface area contributed by atoms with Gasteiger partial charge in [0.2, 0.25) is 0 Å². The Labute approximate surface area is 136 Å². The second-order valence-electron chi connectivity index (χ2n) is 5.24. The lowest BCUT2D eigenvalue weighted by atomic mass is 10.1. The Morgan fingerprint density at radius 3 is 2.78 bits per heavy atom. The molecule has 2 N–H and O–H groups in total. The Kier molecular flexibility index (Phi) is 5.74. The molecule has 2 rings (SSSR count). The highest BCUT2D eigenvalue weighted by Gasteiger charge is 2.02. The van der Waals surface area contributed by atoms with E-state index in [1.165, 1.54) is 5.56 Å². The van der Waals surface area contributed by atoms with Gasteiger partial charge in [-0.15, -0.1) is 0 Å². The maximum absolute atomic E-state index is 11.8. The molecule has 5 heteroatoms. The van der Waals surface area contributed by atoms with Crippen LogP contribution < -0.4 is 15.5 Å². The predicted octanol–water partition coefficient (Wildman–Crippen LogP) is 2.87. The number of carbonyl (C=O) groups is 1. The molecule has 2 aromatic carbocycles. The van der Waals surface area contributed by atoms with Crippen LogP contribution in [0.5, 0.6) is 5.75 Å². The zero-order valence-corrected chi connectivity index (χ0v) is 13.6. The third kappa shape index (κ3) is 5.14. The van der Waals surface area contributed by atoms with Crippen LogP contribution in [-0.2, 0) is 4.79 Å². The molecular weight excluding hydrogens is 290 g/mol. The van der Waals surface area contributed by atoms with Crippen LogP contribution in [0.3, 0.4) is 0 Å². The van der Waals surface area contributed by atoms with Gasteiger partial charge in [-0.2, -0.15) is 5.10 Å². The molecule has 5 nitrogen and oxygen atoms in total. The first-order valence-electron chi connectivity index (χ1n) is 7.35. The van der Waals surface area contributed by atoms with E-state index in [0.717, 1.165) is 22.6 Å². The summed E-state index contributed by atoms with van der Waals surface area (Å²) in [6.45, 7) is 4.21. The number of hydrazone groups is 1. The third-order valence-electron chi connectivity index (χ3n) is 3.32. The van der Waals surface area contributed by atoms with Crippen LogP contribution in [0, 0.1) is 13.8 Å². The number of amides is 1. The Hall–Kier alpha value is -2.82. The number of methoxy groups -OCH3 is 1. The monoisotopic (exact) mass is 311 g/mol. The van der Waals surface area contributed by atoms with Crippen molar-refractivity contribution >= 4 is 17.8 Å². The molecule has 0 fully saturated rings. The summed E-state index contributed by atoms with van der Waals surface area (Å²) in [5.41, 5.74) is 6.60.